The lowest BCUT2D eigenvalue weighted by atomic mass is 9.89. The van der Waals surface area contributed by atoms with E-state index in [4.69, 9.17) is 5.73 Å². The molecule has 4 N–H and O–H groups in total. The maximum atomic E-state index is 13.0. The number of imide groups is 1. The van der Waals surface area contributed by atoms with Gasteiger partial charge in [0.05, 0.1) is 5.60 Å². The summed E-state index contributed by atoms with van der Waals surface area (Å²) in [5.74, 6) is -0.847. The van der Waals surface area contributed by atoms with Gasteiger partial charge in [0, 0.05) is 38.2 Å². The van der Waals surface area contributed by atoms with Gasteiger partial charge in [0.1, 0.15) is 6.04 Å². The first kappa shape index (κ1) is 18.1. The quantitative estimate of drug-likeness (QED) is 0.591. The molecule has 3 aliphatic rings. The van der Waals surface area contributed by atoms with Crippen molar-refractivity contribution in [3.63, 3.8) is 0 Å². The van der Waals surface area contributed by atoms with Gasteiger partial charge < -0.3 is 15.7 Å². The zero-order valence-electron chi connectivity index (χ0n) is 15.1. The molecule has 0 aromatic heterocycles. The van der Waals surface area contributed by atoms with E-state index in [1.807, 2.05) is 18.2 Å². The number of fused-ring (bicyclic) bond motifs is 1. The van der Waals surface area contributed by atoms with Crippen molar-refractivity contribution < 1.29 is 19.5 Å². The minimum absolute atomic E-state index is 0.159. The highest BCUT2D eigenvalue weighted by Gasteiger charge is 2.42. The number of β-amino-alcohol motifs (C(OH)–C–C–N with tert-alkyl or cyclic N) is 1. The zero-order valence-corrected chi connectivity index (χ0v) is 15.1. The molecule has 0 spiro atoms. The van der Waals surface area contributed by atoms with Crippen molar-refractivity contribution in [2.45, 2.75) is 44.0 Å². The Balaban J connectivity index is 1.49. The molecule has 0 radical (unpaired) electrons. The van der Waals surface area contributed by atoms with Crippen LogP contribution in [0.25, 0.3) is 0 Å². The fourth-order valence-electron chi connectivity index (χ4n) is 4.39. The van der Waals surface area contributed by atoms with Crippen LogP contribution in [0, 0.1) is 0 Å². The molecule has 0 saturated carbocycles. The lowest BCUT2D eigenvalue weighted by molar-refractivity contribution is -0.136. The van der Waals surface area contributed by atoms with Gasteiger partial charge in [0.2, 0.25) is 11.8 Å². The van der Waals surface area contributed by atoms with Gasteiger partial charge in [-0.15, -0.1) is 0 Å². The highest BCUT2D eigenvalue weighted by atomic mass is 16.3. The van der Waals surface area contributed by atoms with Gasteiger partial charge in [0.15, 0.2) is 0 Å². The van der Waals surface area contributed by atoms with Gasteiger partial charge in [-0.2, -0.15) is 0 Å². The minimum Gasteiger partial charge on any atom is -0.387 e. The topological polar surface area (TPSA) is 116 Å². The van der Waals surface area contributed by atoms with Gasteiger partial charge in [-0.05, 0) is 30.5 Å². The molecule has 4 rings (SSSR count). The van der Waals surface area contributed by atoms with Crippen LogP contribution in [0.1, 0.15) is 40.7 Å². The second-order valence-electron chi connectivity index (χ2n) is 7.76. The molecule has 1 aromatic rings. The van der Waals surface area contributed by atoms with Crippen LogP contribution in [-0.4, -0.2) is 63.9 Å². The highest BCUT2D eigenvalue weighted by molar-refractivity contribution is 6.05. The third-order valence-corrected chi connectivity index (χ3v) is 5.68. The molecule has 3 heterocycles. The minimum atomic E-state index is -0.727. The van der Waals surface area contributed by atoms with E-state index >= 15 is 0 Å². The Hall–Kier alpha value is -2.29. The summed E-state index contributed by atoms with van der Waals surface area (Å²) in [7, 11) is 0. The fraction of sp³-hybridized carbons (Fsp3) is 0.526. The van der Waals surface area contributed by atoms with E-state index in [9.17, 15) is 19.5 Å². The number of rotatable bonds is 5. The molecule has 1 unspecified atom stereocenters. The van der Waals surface area contributed by atoms with E-state index in [2.05, 4.69) is 10.2 Å². The summed E-state index contributed by atoms with van der Waals surface area (Å²) in [5.41, 5.74) is 7.27. The predicted molar refractivity (Wildman–Crippen MR) is 96.4 cm³/mol. The van der Waals surface area contributed by atoms with Crippen molar-refractivity contribution in [1.82, 2.24) is 15.1 Å². The fourth-order valence-corrected chi connectivity index (χ4v) is 4.39. The van der Waals surface area contributed by atoms with Crippen molar-refractivity contribution in [2.24, 2.45) is 5.73 Å². The van der Waals surface area contributed by atoms with Crippen molar-refractivity contribution in [1.29, 1.82) is 0 Å². The molecule has 0 bridgehead atoms. The number of aliphatic hydroxyl groups is 1. The van der Waals surface area contributed by atoms with Crippen LogP contribution in [0.4, 0.5) is 0 Å². The number of benzene rings is 1. The number of likely N-dealkylation sites (tertiary alicyclic amines) is 1. The number of nitrogens with two attached hydrogens (primary N) is 1. The normalized spacial score (nSPS) is 24.6. The molecule has 2 saturated heterocycles. The van der Waals surface area contributed by atoms with Gasteiger partial charge in [0.25, 0.3) is 5.91 Å². The lowest BCUT2D eigenvalue weighted by Gasteiger charge is -2.46. The van der Waals surface area contributed by atoms with Crippen LogP contribution in [0.2, 0.25) is 0 Å². The van der Waals surface area contributed by atoms with Crippen molar-refractivity contribution in [3.8, 4) is 0 Å². The first-order valence-electron chi connectivity index (χ1n) is 9.30. The van der Waals surface area contributed by atoms with Gasteiger partial charge in [-0.1, -0.05) is 18.2 Å². The highest BCUT2D eigenvalue weighted by Crippen LogP contribution is 2.32. The lowest BCUT2D eigenvalue weighted by Crippen LogP contribution is -2.61. The number of hydrogen-bond donors (Lipinski definition) is 3. The zero-order chi connectivity index (χ0) is 19.2. The van der Waals surface area contributed by atoms with E-state index in [1.165, 1.54) is 0 Å². The van der Waals surface area contributed by atoms with Crippen LogP contribution < -0.4 is 11.1 Å². The van der Waals surface area contributed by atoms with E-state index < -0.39 is 17.6 Å². The van der Waals surface area contributed by atoms with Gasteiger partial charge in [-0.25, -0.2) is 0 Å². The number of hydrogen-bond acceptors (Lipinski definition) is 6. The maximum absolute atomic E-state index is 13.0. The molecule has 0 aliphatic carbocycles. The molecule has 1 atom stereocenters. The Bertz CT molecular complexity index is 803. The Kier molecular flexibility index (Phi) is 4.49. The third kappa shape index (κ3) is 3.24. The first-order chi connectivity index (χ1) is 12.9. The van der Waals surface area contributed by atoms with Crippen LogP contribution in [0.15, 0.2) is 18.2 Å². The second kappa shape index (κ2) is 6.70. The Morgan fingerprint density at radius 2 is 2.04 bits per heavy atom. The summed E-state index contributed by atoms with van der Waals surface area (Å²) in [6, 6.07) is 5.14. The SMILES string of the molecule is NCCC1(O)CN(Cc2cccc3c2C(=O)N(C2CCC(=O)NC2=O)C3)C1. The largest absolute Gasteiger partial charge is 0.387 e. The summed E-state index contributed by atoms with van der Waals surface area (Å²) >= 11 is 0. The first-order valence-corrected chi connectivity index (χ1v) is 9.30. The number of nitrogens with zero attached hydrogens (tertiary/aromatic N) is 2. The molecule has 8 heteroatoms. The summed E-state index contributed by atoms with van der Waals surface area (Å²) in [6.45, 7) is 2.48. The van der Waals surface area contributed by atoms with Crippen LogP contribution in [-0.2, 0) is 22.7 Å². The summed E-state index contributed by atoms with van der Waals surface area (Å²) < 4.78 is 0. The van der Waals surface area contributed by atoms with Crippen LogP contribution >= 0.6 is 0 Å². The molecular weight excluding hydrogens is 348 g/mol. The summed E-state index contributed by atoms with van der Waals surface area (Å²) in [5, 5.41) is 12.6. The van der Waals surface area contributed by atoms with Crippen molar-refractivity contribution in [2.75, 3.05) is 19.6 Å². The standard InChI is InChI=1S/C19H24N4O4/c20-7-6-19(27)10-22(11-19)8-12-2-1-3-13-9-23(18(26)16(12)13)14-4-5-15(24)21-17(14)25/h1-3,14,27H,4-11,20H2,(H,21,24,25). The van der Waals surface area contributed by atoms with Crippen molar-refractivity contribution in [3.05, 3.63) is 34.9 Å². The summed E-state index contributed by atoms with van der Waals surface area (Å²) in [4.78, 5) is 40.2. The van der Waals surface area contributed by atoms with E-state index in [0.29, 0.717) is 51.1 Å². The Labute approximate surface area is 157 Å². The molecule has 3 aliphatic heterocycles. The predicted octanol–water partition coefficient (Wildman–Crippen LogP) is -0.657. The van der Waals surface area contributed by atoms with Crippen LogP contribution in [0.5, 0.6) is 0 Å². The molecular formula is C19H24N4O4. The Morgan fingerprint density at radius 3 is 2.74 bits per heavy atom. The number of amides is 3. The average Bonchev–Trinajstić information content (AvgIpc) is 2.91. The molecule has 8 nitrogen and oxygen atoms in total. The number of carbonyl (C=O) groups excluding carboxylic acids is 3. The number of nitrogens with one attached hydrogen (secondary N) is 1. The van der Waals surface area contributed by atoms with Crippen molar-refractivity contribution >= 4 is 17.7 Å². The van der Waals surface area contributed by atoms with E-state index in [-0.39, 0.29) is 18.2 Å². The number of carbonyl (C=O) groups is 3. The number of piperidine rings is 1. The monoisotopic (exact) mass is 372 g/mol. The molecule has 2 fully saturated rings. The molecule has 144 valence electrons. The van der Waals surface area contributed by atoms with Gasteiger partial charge >= 0.3 is 0 Å². The summed E-state index contributed by atoms with van der Waals surface area (Å²) in [6.07, 6.45) is 1.17. The maximum Gasteiger partial charge on any atom is 0.255 e. The van der Waals surface area contributed by atoms with Crippen LogP contribution in [0.3, 0.4) is 0 Å². The average molecular weight is 372 g/mol. The van der Waals surface area contributed by atoms with E-state index in [0.717, 1.165) is 11.1 Å². The molecule has 1 aromatic carbocycles. The third-order valence-electron chi connectivity index (χ3n) is 5.68. The molecule has 27 heavy (non-hydrogen) atoms. The van der Waals surface area contributed by atoms with E-state index in [1.54, 1.807) is 4.90 Å². The molecule has 3 amide bonds. The smallest absolute Gasteiger partial charge is 0.255 e. The van der Waals surface area contributed by atoms with Gasteiger partial charge in [-0.3, -0.25) is 24.6 Å². The Morgan fingerprint density at radius 1 is 1.26 bits per heavy atom. The second-order valence-corrected chi connectivity index (χ2v) is 7.76.